The fraction of sp³-hybridized carbons (Fsp3) is 0.583. The van der Waals surface area contributed by atoms with Gasteiger partial charge in [0.25, 0.3) is 5.91 Å². The number of fused-ring (bicyclic) bond motifs is 2. The summed E-state index contributed by atoms with van der Waals surface area (Å²) in [7, 11) is 0. The molecular weight excluding hydrogens is 350 g/mol. The molecule has 1 saturated heterocycles. The van der Waals surface area contributed by atoms with E-state index in [0.717, 1.165) is 24.1 Å². The Balaban J connectivity index is 1.48. The average molecular weight is 384 g/mol. The van der Waals surface area contributed by atoms with Crippen LogP contribution < -0.4 is 4.90 Å². The zero-order valence-corrected chi connectivity index (χ0v) is 17.2. The van der Waals surface area contributed by atoms with Gasteiger partial charge >= 0.3 is 5.97 Å². The summed E-state index contributed by atoms with van der Waals surface area (Å²) in [5.74, 6) is -0.569. The highest BCUT2D eigenvalue weighted by Gasteiger charge is 2.58. The van der Waals surface area contributed by atoms with E-state index < -0.39 is 11.6 Å². The Bertz CT molecular complexity index is 708. The van der Waals surface area contributed by atoms with E-state index in [-0.39, 0.29) is 12.3 Å². The Morgan fingerprint density at radius 3 is 2.18 bits per heavy atom. The van der Waals surface area contributed by atoms with E-state index in [9.17, 15) is 9.59 Å². The minimum Gasteiger partial charge on any atom is -0.440 e. The summed E-state index contributed by atoms with van der Waals surface area (Å²) in [4.78, 5) is 26.9. The lowest BCUT2D eigenvalue weighted by Gasteiger charge is -2.22. The Labute approximate surface area is 168 Å². The van der Waals surface area contributed by atoms with E-state index in [1.165, 1.54) is 51.4 Å². The number of esters is 1. The molecule has 1 aromatic carbocycles. The molecule has 152 valence electrons. The zero-order chi connectivity index (χ0) is 20.0. The molecule has 1 atom stereocenters. The standard InChI is InChI=1S/C24H33NO3/c1-3-4-5-6-7-8-9-10-11-14-17-25-21-16-13-12-15-20(21)24(23(25)27)18-19(2)22(26)28-24/h12-13,15-16H,2-11,14,17-18H2,1H3. The topological polar surface area (TPSA) is 46.6 Å². The normalized spacial score (nSPS) is 20.9. The van der Waals surface area contributed by atoms with Crippen LogP contribution in [0.3, 0.4) is 0 Å². The molecule has 4 heteroatoms. The molecule has 0 radical (unpaired) electrons. The zero-order valence-electron chi connectivity index (χ0n) is 17.2. The lowest BCUT2D eigenvalue weighted by atomic mass is 9.91. The molecule has 2 heterocycles. The van der Waals surface area contributed by atoms with Crippen molar-refractivity contribution in [1.29, 1.82) is 0 Å². The minimum atomic E-state index is -1.18. The first-order valence-corrected chi connectivity index (χ1v) is 10.9. The first kappa shape index (κ1) is 20.6. The number of ether oxygens (including phenoxy) is 1. The van der Waals surface area contributed by atoms with Crippen LogP contribution in [0.5, 0.6) is 0 Å². The van der Waals surface area contributed by atoms with Gasteiger partial charge in [-0.15, -0.1) is 0 Å². The van der Waals surface area contributed by atoms with Crippen molar-refractivity contribution in [1.82, 2.24) is 0 Å². The molecule has 3 rings (SSSR count). The Kier molecular flexibility index (Phi) is 6.93. The number of carbonyl (C=O) groups is 2. The molecule has 1 spiro atoms. The van der Waals surface area contributed by atoms with Gasteiger partial charge in [-0.1, -0.05) is 89.5 Å². The number of rotatable bonds is 11. The van der Waals surface area contributed by atoms with Crippen LogP contribution in [-0.2, 0) is 19.9 Å². The fourth-order valence-corrected chi connectivity index (χ4v) is 4.38. The molecule has 0 N–H and O–H groups in total. The van der Waals surface area contributed by atoms with Crippen LogP contribution in [0.1, 0.15) is 83.1 Å². The average Bonchev–Trinajstić information content (AvgIpc) is 3.12. The van der Waals surface area contributed by atoms with Crippen molar-refractivity contribution in [2.75, 3.05) is 11.4 Å². The number of benzene rings is 1. The number of hydrogen-bond acceptors (Lipinski definition) is 3. The number of para-hydroxylation sites is 1. The fourth-order valence-electron chi connectivity index (χ4n) is 4.38. The van der Waals surface area contributed by atoms with Crippen molar-refractivity contribution in [2.24, 2.45) is 0 Å². The van der Waals surface area contributed by atoms with Gasteiger partial charge in [-0.25, -0.2) is 4.79 Å². The van der Waals surface area contributed by atoms with Crippen LogP contribution in [0.25, 0.3) is 0 Å². The molecular formula is C24H33NO3. The van der Waals surface area contributed by atoms with Crippen molar-refractivity contribution in [3.05, 3.63) is 42.0 Å². The molecule has 0 aliphatic carbocycles. The highest BCUT2D eigenvalue weighted by Crippen LogP contribution is 2.49. The maximum atomic E-state index is 13.2. The maximum Gasteiger partial charge on any atom is 0.335 e. The molecule has 1 fully saturated rings. The van der Waals surface area contributed by atoms with E-state index in [1.54, 1.807) is 0 Å². The predicted molar refractivity (Wildman–Crippen MR) is 112 cm³/mol. The highest BCUT2D eigenvalue weighted by atomic mass is 16.6. The Morgan fingerprint density at radius 1 is 0.964 bits per heavy atom. The van der Waals surface area contributed by atoms with Crippen LogP contribution in [0.4, 0.5) is 5.69 Å². The van der Waals surface area contributed by atoms with Crippen molar-refractivity contribution in [3.63, 3.8) is 0 Å². The summed E-state index contributed by atoms with van der Waals surface area (Å²) in [5.41, 5.74) is 0.887. The molecule has 28 heavy (non-hydrogen) atoms. The third kappa shape index (κ3) is 4.16. The third-order valence-electron chi connectivity index (χ3n) is 5.97. The number of anilines is 1. The van der Waals surface area contributed by atoms with E-state index >= 15 is 0 Å². The van der Waals surface area contributed by atoms with Crippen molar-refractivity contribution < 1.29 is 14.3 Å². The minimum absolute atomic E-state index is 0.114. The molecule has 1 amide bonds. The number of carbonyl (C=O) groups excluding carboxylic acids is 2. The van der Waals surface area contributed by atoms with Crippen LogP contribution >= 0.6 is 0 Å². The number of amides is 1. The maximum absolute atomic E-state index is 13.2. The van der Waals surface area contributed by atoms with Gasteiger partial charge in [0.15, 0.2) is 0 Å². The van der Waals surface area contributed by atoms with Crippen LogP contribution in [0, 0.1) is 0 Å². The molecule has 1 unspecified atom stereocenters. The lowest BCUT2D eigenvalue weighted by molar-refractivity contribution is -0.156. The first-order valence-electron chi connectivity index (χ1n) is 10.9. The Morgan fingerprint density at radius 2 is 1.57 bits per heavy atom. The lowest BCUT2D eigenvalue weighted by Crippen LogP contribution is -2.40. The van der Waals surface area contributed by atoms with Gasteiger partial charge < -0.3 is 9.64 Å². The van der Waals surface area contributed by atoms with Crippen LogP contribution in [0.15, 0.2) is 36.4 Å². The van der Waals surface area contributed by atoms with E-state index in [1.807, 2.05) is 29.2 Å². The molecule has 2 aliphatic heterocycles. The van der Waals surface area contributed by atoms with E-state index in [0.29, 0.717) is 12.1 Å². The van der Waals surface area contributed by atoms with Gasteiger partial charge in [-0.05, 0) is 12.5 Å². The van der Waals surface area contributed by atoms with Crippen molar-refractivity contribution in [3.8, 4) is 0 Å². The molecule has 2 aliphatic rings. The Hall–Kier alpha value is -2.10. The monoisotopic (exact) mass is 383 g/mol. The third-order valence-corrected chi connectivity index (χ3v) is 5.97. The van der Waals surface area contributed by atoms with Gasteiger partial charge in [-0.3, -0.25) is 4.79 Å². The predicted octanol–water partition coefficient (Wildman–Crippen LogP) is 5.65. The summed E-state index contributed by atoms with van der Waals surface area (Å²) < 4.78 is 5.56. The van der Waals surface area contributed by atoms with E-state index in [4.69, 9.17) is 4.74 Å². The summed E-state index contributed by atoms with van der Waals surface area (Å²) in [5, 5.41) is 0. The second-order valence-electron chi connectivity index (χ2n) is 8.15. The number of unbranched alkanes of at least 4 members (excludes halogenated alkanes) is 9. The molecule has 0 bridgehead atoms. The summed E-state index contributed by atoms with van der Waals surface area (Å²) in [6, 6.07) is 7.68. The quantitative estimate of drug-likeness (QED) is 0.282. The van der Waals surface area contributed by atoms with Gasteiger partial charge in [0.05, 0.1) is 5.69 Å². The first-order chi connectivity index (χ1) is 13.6. The van der Waals surface area contributed by atoms with Gasteiger partial charge in [0.1, 0.15) is 0 Å². The van der Waals surface area contributed by atoms with Crippen LogP contribution in [-0.4, -0.2) is 18.4 Å². The number of nitrogens with zero attached hydrogens (tertiary/aromatic N) is 1. The summed E-state index contributed by atoms with van der Waals surface area (Å²) in [6.07, 6.45) is 12.9. The highest BCUT2D eigenvalue weighted by molar-refractivity contribution is 6.11. The second kappa shape index (κ2) is 9.40. The summed E-state index contributed by atoms with van der Waals surface area (Å²) >= 11 is 0. The van der Waals surface area contributed by atoms with Crippen molar-refractivity contribution in [2.45, 2.75) is 83.2 Å². The second-order valence-corrected chi connectivity index (χ2v) is 8.15. The SMILES string of the molecule is C=C1CC2(OC1=O)C(=O)N(CCCCCCCCCCCC)c1ccccc12. The molecule has 0 saturated carbocycles. The smallest absolute Gasteiger partial charge is 0.335 e. The van der Waals surface area contributed by atoms with Crippen molar-refractivity contribution >= 4 is 17.6 Å². The molecule has 1 aromatic rings. The van der Waals surface area contributed by atoms with Gasteiger partial charge in [-0.2, -0.15) is 0 Å². The molecule has 0 aromatic heterocycles. The van der Waals surface area contributed by atoms with E-state index in [2.05, 4.69) is 13.5 Å². The number of hydrogen-bond donors (Lipinski definition) is 0. The van der Waals surface area contributed by atoms with Gasteiger partial charge in [0, 0.05) is 24.1 Å². The van der Waals surface area contributed by atoms with Crippen LogP contribution in [0.2, 0.25) is 0 Å². The largest absolute Gasteiger partial charge is 0.440 e. The summed E-state index contributed by atoms with van der Waals surface area (Å²) in [6.45, 7) is 6.70. The van der Waals surface area contributed by atoms with Gasteiger partial charge in [0.2, 0.25) is 5.60 Å². The molecule has 4 nitrogen and oxygen atoms in total.